The van der Waals surface area contributed by atoms with Crippen LogP contribution in [0.25, 0.3) is 0 Å². The van der Waals surface area contributed by atoms with E-state index in [-0.39, 0.29) is 12.4 Å². The van der Waals surface area contributed by atoms with E-state index in [2.05, 4.69) is 0 Å². The average molecular weight is 212 g/mol. The summed E-state index contributed by atoms with van der Waals surface area (Å²) in [6.07, 6.45) is 0.299. The van der Waals surface area contributed by atoms with Crippen LogP contribution in [0.5, 0.6) is 5.75 Å². The molecule has 1 unspecified atom stereocenters. The van der Waals surface area contributed by atoms with Crippen LogP contribution in [0.4, 0.5) is 8.78 Å². The molecule has 1 rings (SSSR count). The van der Waals surface area contributed by atoms with Crippen molar-refractivity contribution in [3.05, 3.63) is 29.8 Å². The van der Waals surface area contributed by atoms with Gasteiger partial charge in [0.25, 0.3) is 0 Å². The summed E-state index contributed by atoms with van der Waals surface area (Å²) in [5.74, 6) is -1.46. The Balaban J connectivity index is 2.48. The van der Waals surface area contributed by atoms with E-state index in [4.69, 9.17) is 15.7 Å². The van der Waals surface area contributed by atoms with Gasteiger partial charge in [-0.1, -0.05) is 0 Å². The molecule has 3 nitrogen and oxygen atoms in total. The minimum atomic E-state index is -0.763. The third kappa shape index (κ3) is 3.52. The zero-order valence-corrected chi connectivity index (χ0v) is 7.91. The van der Waals surface area contributed by atoms with Crippen molar-refractivity contribution >= 4 is 0 Å². The monoisotopic (exact) mass is 212 g/mol. The lowest BCUT2D eigenvalue weighted by Crippen LogP contribution is -2.20. The third-order valence-electron chi connectivity index (χ3n) is 1.75. The number of ether oxygens (including phenoxy) is 1. The smallest absolute Gasteiger partial charge is 0.167 e. The van der Waals surface area contributed by atoms with Crippen LogP contribution in [-0.4, -0.2) is 12.6 Å². The molecule has 0 amide bonds. The average Bonchev–Trinajstić information content (AvgIpc) is 2.21. The van der Waals surface area contributed by atoms with Crippen molar-refractivity contribution < 1.29 is 13.5 Å². The van der Waals surface area contributed by atoms with Gasteiger partial charge in [-0.25, -0.2) is 8.78 Å². The van der Waals surface area contributed by atoms with Gasteiger partial charge in [0.05, 0.1) is 18.7 Å². The highest BCUT2D eigenvalue weighted by atomic mass is 19.1. The van der Waals surface area contributed by atoms with Gasteiger partial charge in [0.2, 0.25) is 0 Å². The summed E-state index contributed by atoms with van der Waals surface area (Å²) in [5.41, 5.74) is 5.30. The Morgan fingerprint density at radius 3 is 2.80 bits per heavy atom. The van der Waals surface area contributed by atoms with Gasteiger partial charge in [0.15, 0.2) is 11.6 Å². The van der Waals surface area contributed by atoms with Crippen LogP contribution < -0.4 is 10.5 Å². The number of benzene rings is 1. The van der Waals surface area contributed by atoms with Crippen LogP contribution in [-0.2, 0) is 0 Å². The fourth-order valence-electron chi connectivity index (χ4n) is 0.953. The topological polar surface area (TPSA) is 59.0 Å². The summed E-state index contributed by atoms with van der Waals surface area (Å²) in [4.78, 5) is 0. The molecule has 0 aliphatic carbocycles. The number of nitrogens with two attached hydrogens (primary N) is 1. The standard InChI is InChI=1S/C10H10F2N2O/c11-7-1-2-10(9(12)5-7)15-4-3-8(14)6-13/h1-2,5,8H,3-4,14H2. The highest BCUT2D eigenvalue weighted by Gasteiger charge is 2.05. The van der Waals surface area contributed by atoms with Crippen molar-refractivity contribution in [3.63, 3.8) is 0 Å². The molecule has 0 radical (unpaired) electrons. The molecule has 0 aliphatic rings. The maximum absolute atomic E-state index is 13.0. The van der Waals surface area contributed by atoms with Crippen LogP contribution in [0.3, 0.4) is 0 Å². The molecular weight excluding hydrogens is 202 g/mol. The van der Waals surface area contributed by atoms with E-state index in [1.54, 1.807) is 0 Å². The number of rotatable bonds is 4. The van der Waals surface area contributed by atoms with E-state index >= 15 is 0 Å². The third-order valence-corrected chi connectivity index (χ3v) is 1.75. The zero-order chi connectivity index (χ0) is 11.3. The van der Waals surface area contributed by atoms with Crippen molar-refractivity contribution in [1.82, 2.24) is 0 Å². The molecule has 0 heterocycles. The Morgan fingerprint density at radius 2 is 2.20 bits per heavy atom. The molecule has 0 aliphatic heterocycles. The van der Waals surface area contributed by atoms with Crippen LogP contribution in [0.2, 0.25) is 0 Å². The number of hydrogen-bond donors (Lipinski definition) is 1. The first-order valence-corrected chi connectivity index (χ1v) is 4.36. The largest absolute Gasteiger partial charge is 0.490 e. The normalized spacial score (nSPS) is 11.9. The SMILES string of the molecule is N#CC(N)CCOc1ccc(F)cc1F. The molecule has 5 heteroatoms. The minimum absolute atomic E-state index is 0.0402. The van der Waals surface area contributed by atoms with E-state index in [9.17, 15) is 8.78 Å². The van der Waals surface area contributed by atoms with Crippen molar-refractivity contribution in [2.45, 2.75) is 12.5 Å². The van der Waals surface area contributed by atoms with Gasteiger partial charge in [-0.3, -0.25) is 0 Å². The lowest BCUT2D eigenvalue weighted by molar-refractivity contribution is 0.290. The first-order chi connectivity index (χ1) is 7.13. The van der Waals surface area contributed by atoms with Gasteiger partial charge in [-0.05, 0) is 12.1 Å². The summed E-state index contributed by atoms with van der Waals surface area (Å²) < 4.78 is 30.5. The minimum Gasteiger partial charge on any atom is -0.490 e. The number of nitriles is 1. The second-order valence-corrected chi connectivity index (χ2v) is 2.95. The van der Waals surface area contributed by atoms with Gasteiger partial charge >= 0.3 is 0 Å². The summed E-state index contributed by atoms with van der Waals surface area (Å²) >= 11 is 0. The Hall–Kier alpha value is -1.67. The maximum Gasteiger partial charge on any atom is 0.167 e. The molecule has 0 saturated carbocycles. The molecule has 1 aromatic carbocycles. The quantitative estimate of drug-likeness (QED) is 0.824. The van der Waals surface area contributed by atoms with Crippen LogP contribution in [0.15, 0.2) is 18.2 Å². The summed E-state index contributed by atoms with van der Waals surface area (Å²) in [6.45, 7) is 0.122. The Labute approximate surface area is 86.1 Å². The van der Waals surface area contributed by atoms with Crippen LogP contribution in [0, 0.1) is 23.0 Å². The lowest BCUT2D eigenvalue weighted by Gasteiger charge is -2.07. The van der Waals surface area contributed by atoms with E-state index in [0.717, 1.165) is 12.1 Å². The summed E-state index contributed by atoms with van der Waals surface area (Å²) in [7, 11) is 0. The molecule has 15 heavy (non-hydrogen) atoms. The maximum atomic E-state index is 13.0. The predicted molar refractivity (Wildman–Crippen MR) is 50.1 cm³/mol. The lowest BCUT2D eigenvalue weighted by atomic mass is 10.2. The molecule has 0 bridgehead atoms. The Bertz CT molecular complexity index is 376. The first-order valence-electron chi connectivity index (χ1n) is 4.36. The zero-order valence-electron chi connectivity index (χ0n) is 7.91. The van der Waals surface area contributed by atoms with Crippen molar-refractivity contribution in [2.75, 3.05) is 6.61 Å². The van der Waals surface area contributed by atoms with Crippen LogP contribution in [0.1, 0.15) is 6.42 Å². The van der Waals surface area contributed by atoms with Gasteiger partial charge in [0.1, 0.15) is 5.82 Å². The summed E-state index contributed by atoms with van der Waals surface area (Å²) in [6, 6.07) is 4.22. The van der Waals surface area contributed by atoms with Crippen LogP contribution >= 0.6 is 0 Å². The van der Waals surface area contributed by atoms with Gasteiger partial charge in [-0.15, -0.1) is 0 Å². The predicted octanol–water partition coefficient (Wildman–Crippen LogP) is 1.58. The molecule has 0 spiro atoms. The van der Waals surface area contributed by atoms with E-state index in [1.165, 1.54) is 6.07 Å². The molecule has 0 fully saturated rings. The number of hydrogen-bond acceptors (Lipinski definition) is 3. The van der Waals surface area contributed by atoms with Gasteiger partial charge in [-0.2, -0.15) is 5.26 Å². The van der Waals surface area contributed by atoms with E-state index in [1.807, 2.05) is 6.07 Å². The highest BCUT2D eigenvalue weighted by molar-refractivity contribution is 5.24. The first kappa shape index (κ1) is 11.4. The van der Waals surface area contributed by atoms with Gasteiger partial charge in [0, 0.05) is 12.5 Å². The molecule has 0 aromatic heterocycles. The molecule has 0 saturated heterocycles. The van der Waals surface area contributed by atoms with Crippen molar-refractivity contribution in [1.29, 1.82) is 5.26 Å². The van der Waals surface area contributed by atoms with E-state index < -0.39 is 17.7 Å². The second kappa shape index (κ2) is 5.27. The number of nitrogens with zero attached hydrogens (tertiary/aromatic N) is 1. The molecule has 1 atom stereocenters. The Kier molecular flexibility index (Phi) is 4.01. The fourth-order valence-corrected chi connectivity index (χ4v) is 0.953. The van der Waals surface area contributed by atoms with Crippen molar-refractivity contribution in [2.24, 2.45) is 5.73 Å². The summed E-state index contributed by atoms with van der Waals surface area (Å²) in [5, 5.41) is 8.37. The van der Waals surface area contributed by atoms with E-state index in [0.29, 0.717) is 6.42 Å². The Morgan fingerprint density at radius 1 is 1.47 bits per heavy atom. The van der Waals surface area contributed by atoms with Gasteiger partial charge < -0.3 is 10.5 Å². The molecule has 1 aromatic rings. The molecule has 80 valence electrons. The molecular formula is C10H10F2N2O. The highest BCUT2D eigenvalue weighted by Crippen LogP contribution is 2.17. The van der Waals surface area contributed by atoms with Crippen molar-refractivity contribution in [3.8, 4) is 11.8 Å². The number of halogens is 2. The molecule has 2 N–H and O–H groups in total. The fraction of sp³-hybridized carbons (Fsp3) is 0.300. The second-order valence-electron chi connectivity index (χ2n) is 2.95.